The van der Waals surface area contributed by atoms with Gasteiger partial charge in [0.25, 0.3) is 0 Å². The molecule has 0 radical (unpaired) electrons. The van der Waals surface area contributed by atoms with Crippen molar-refractivity contribution in [2.75, 3.05) is 5.32 Å². The molecular formula is C43H31N. The van der Waals surface area contributed by atoms with Crippen molar-refractivity contribution in [2.45, 2.75) is 5.41 Å². The zero-order valence-corrected chi connectivity index (χ0v) is 24.3. The molecule has 0 heterocycles. The third kappa shape index (κ3) is 4.25. The molecule has 0 aromatic heterocycles. The van der Waals surface area contributed by atoms with E-state index in [1.54, 1.807) is 0 Å². The fourth-order valence-electron chi connectivity index (χ4n) is 7.00. The third-order valence-corrected chi connectivity index (χ3v) is 8.95. The van der Waals surface area contributed by atoms with Gasteiger partial charge < -0.3 is 5.32 Å². The van der Waals surface area contributed by atoms with E-state index in [4.69, 9.17) is 0 Å². The van der Waals surface area contributed by atoms with Crippen LogP contribution in [0.2, 0.25) is 0 Å². The summed E-state index contributed by atoms with van der Waals surface area (Å²) >= 11 is 0. The normalized spacial score (nSPS) is 12.7. The second-order valence-electron chi connectivity index (χ2n) is 11.4. The molecule has 0 fully saturated rings. The van der Waals surface area contributed by atoms with Crippen LogP contribution in [0, 0.1) is 0 Å². The number of benzene rings is 7. The molecule has 8 rings (SSSR count). The standard InChI is InChI=1S/C43H31N/c1-5-15-31(16-6-1)33-25-27-37(32-17-7-2-8-18-32)42(29-33)44-36-26-28-39-38-23-13-14-24-40(38)43(41(39)30-36,34-19-9-3-10-20-34)35-21-11-4-12-22-35/h1-30,44H. The summed E-state index contributed by atoms with van der Waals surface area (Å²) < 4.78 is 0. The summed E-state index contributed by atoms with van der Waals surface area (Å²) in [4.78, 5) is 0. The number of nitrogens with one attached hydrogen (secondary N) is 1. The van der Waals surface area contributed by atoms with Crippen molar-refractivity contribution in [3.8, 4) is 33.4 Å². The molecule has 1 nitrogen and oxygen atoms in total. The summed E-state index contributed by atoms with van der Waals surface area (Å²) in [6.07, 6.45) is 0. The molecule has 0 saturated heterocycles. The lowest BCUT2D eigenvalue weighted by molar-refractivity contribution is 0.769. The Kier molecular flexibility index (Phi) is 6.43. The summed E-state index contributed by atoms with van der Waals surface area (Å²) in [5.74, 6) is 0. The highest BCUT2D eigenvalue weighted by molar-refractivity contribution is 5.90. The topological polar surface area (TPSA) is 12.0 Å². The number of hydrogen-bond donors (Lipinski definition) is 1. The molecule has 7 aromatic carbocycles. The van der Waals surface area contributed by atoms with E-state index in [9.17, 15) is 0 Å². The van der Waals surface area contributed by atoms with E-state index in [1.165, 1.54) is 55.6 Å². The minimum Gasteiger partial charge on any atom is -0.355 e. The molecule has 1 heteroatoms. The summed E-state index contributed by atoms with van der Waals surface area (Å²) in [5.41, 5.74) is 14.2. The first-order valence-corrected chi connectivity index (χ1v) is 15.2. The molecule has 0 spiro atoms. The van der Waals surface area contributed by atoms with Gasteiger partial charge in [-0.25, -0.2) is 0 Å². The smallest absolute Gasteiger partial charge is 0.0714 e. The minimum absolute atomic E-state index is 0.430. The molecule has 208 valence electrons. The quantitative estimate of drug-likeness (QED) is 0.213. The molecule has 0 bridgehead atoms. The number of hydrogen-bond acceptors (Lipinski definition) is 1. The molecule has 7 aromatic rings. The molecule has 0 aliphatic heterocycles. The van der Waals surface area contributed by atoms with Gasteiger partial charge in [0.15, 0.2) is 0 Å². The molecule has 0 amide bonds. The Bertz CT molecular complexity index is 2020. The molecule has 1 aliphatic carbocycles. The zero-order valence-electron chi connectivity index (χ0n) is 24.3. The molecular weight excluding hydrogens is 530 g/mol. The van der Waals surface area contributed by atoms with E-state index in [0.29, 0.717) is 0 Å². The highest BCUT2D eigenvalue weighted by Gasteiger charge is 2.46. The summed E-state index contributed by atoms with van der Waals surface area (Å²) in [6, 6.07) is 65.7. The van der Waals surface area contributed by atoms with E-state index < -0.39 is 5.41 Å². The number of anilines is 2. The Labute approximate surface area is 259 Å². The van der Waals surface area contributed by atoms with Crippen molar-refractivity contribution >= 4 is 11.4 Å². The number of fused-ring (bicyclic) bond motifs is 3. The van der Waals surface area contributed by atoms with Gasteiger partial charge in [-0.2, -0.15) is 0 Å². The minimum atomic E-state index is -0.430. The second-order valence-corrected chi connectivity index (χ2v) is 11.4. The first kappa shape index (κ1) is 26.0. The molecule has 1 N–H and O–H groups in total. The SMILES string of the molecule is c1ccc(-c2ccc(-c3ccccc3)c(Nc3ccc4c(c3)C(c3ccccc3)(c3ccccc3)c3ccccc3-4)c2)cc1. The van der Waals surface area contributed by atoms with Crippen LogP contribution in [0.5, 0.6) is 0 Å². The van der Waals surface area contributed by atoms with Crippen LogP contribution in [-0.4, -0.2) is 0 Å². The van der Waals surface area contributed by atoms with Crippen LogP contribution in [-0.2, 0) is 5.41 Å². The van der Waals surface area contributed by atoms with Crippen molar-refractivity contribution in [3.05, 3.63) is 204 Å². The van der Waals surface area contributed by atoms with Crippen LogP contribution in [0.1, 0.15) is 22.3 Å². The molecule has 0 unspecified atom stereocenters. The Morgan fingerprint density at radius 2 is 0.864 bits per heavy atom. The van der Waals surface area contributed by atoms with Crippen molar-refractivity contribution in [3.63, 3.8) is 0 Å². The fraction of sp³-hybridized carbons (Fsp3) is 0.0233. The largest absolute Gasteiger partial charge is 0.355 e. The summed E-state index contributed by atoms with van der Waals surface area (Å²) in [5, 5.41) is 3.88. The van der Waals surface area contributed by atoms with E-state index in [2.05, 4.69) is 187 Å². The fourth-order valence-corrected chi connectivity index (χ4v) is 7.00. The lowest BCUT2D eigenvalue weighted by atomic mass is 9.67. The predicted octanol–water partition coefficient (Wildman–Crippen LogP) is 11.1. The van der Waals surface area contributed by atoms with Crippen LogP contribution in [0.4, 0.5) is 11.4 Å². The van der Waals surface area contributed by atoms with E-state index in [1.807, 2.05) is 0 Å². The van der Waals surface area contributed by atoms with Gasteiger partial charge in [0, 0.05) is 16.9 Å². The number of rotatable bonds is 6. The lowest BCUT2D eigenvalue weighted by Crippen LogP contribution is -2.28. The monoisotopic (exact) mass is 561 g/mol. The van der Waals surface area contributed by atoms with Crippen molar-refractivity contribution < 1.29 is 0 Å². The Hall–Kier alpha value is -5.66. The van der Waals surface area contributed by atoms with Gasteiger partial charge in [0.2, 0.25) is 0 Å². The van der Waals surface area contributed by atoms with Gasteiger partial charge in [-0.3, -0.25) is 0 Å². The molecule has 0 saturated carbocycles. The van der Waals surface area contributed by atoms with Crippen LogP contribution in [0.25, 0.3) is 33.4 Å². The molecule has 1 aliphatic rings. The average Bonchev–Trinajstić information content (AvgIpc) is 3.40. The maximum Gasteiger partial charge on any atom is 0.0714 e. The Morgan fingerprint density at radius 1 is 0.341 bits per heavy atom. The first-order chi connectivity index (χ1) is 21.8. The second kappa shape index (κ2) is 10.9. The highest BCUT2D eigenvalue weighted by Crippen LogP contribution is 2.56. The Morgan fingerprint density at radius 3 is 1.52 bits per heavy atom. The van der Waals surface area contributed by atoms with Crippen LogP contribution >= 0.6 is 0 Å². The van der Waals surface area contributed by atoms with Crippen molar-refractivity contribution in [1.82, 2.24) is 0 Å². The lowest BCUT2D eigenvalue weighted by Gasteiger charge is -2.34. The van der Waals surface area contributed by atoms with Crippen molar-refractivity contribution in [2.24, 2.45) is 0 Å². The first-order valence-electron chi connectivity index (χ1n) is 15.2. The van der Waals surface area contributed by atoms with Gasteiger partial charge in [-0.05, 0) is 68.3 Å². The summed E-state index contributed by atoms with van der Waals surface area (Å²) in [7, 11) is 0. The molecule has 0 atom stereocenters. The van der Waals surface area contributed by atoms with Gasteiger partial charge in [0.05, 0.1) is 5.41 Å². The van der Waals surface area contributed by atoms with E-state index in [0.717, 1.165) is 11.4 Å². The van der Waals surface area contributed by atoms with Crippen molar-refractivity contribution in [1.29, 1.82) is 0 Å². The van der Waals surface area contributed by atoms with Crippen LogP contribution in [0.15, 0.2) is 182 Å². The maximum atomic E-state index is 3.88. The third-order valence-electron chi connectivity index (χ3n) is 8.95. The van der Waals surface area contributed by atoms with Gasteiger partial charge in [0.1, 0.15) is 0 Å². The Balaban J connectivity index is 1.33. The summed E-state index contributed by atoms with van der Waals surface area (Å²) in [6.45, 7) is 0. The van der Waals surface area contributed by atoms with Gasteiger partial charge >= 0.3 is 0 Å². The van der Waals surface area contributed by atoms with E-state index >= 15 is 0 Å². The average molecular weight is 562 g/mol. The highest BCUT2D eigenvalue weighted by atomic mass is 14.9. The van der Waals surface area contributed by atoms with Crippen LogP contribution < -0.4 is 5.32 Å². The van der Waals surface area contributed by atoms with Crippen LogP contribution in [0.3, 0.4) is 0 Å². The molecule has 44 heavy (non-hydrogen) atoms. The zero-order chi connectivity index (χ0) is 29.3. The van der Waals surface area contributed by atoms with Gasteiger partial charge in [-0.1, -0.05) is 164 Å². The van der Waals surface area contributed by atoms with E-state index in [-0.39, 0.29) is 0 Å². The predicted molar refractivity (Wildman–Crippen MR) is 184 cm³/mol. The van der Waals surface area contributed by atoms with Gasteiger partial charge in [-0.15, -0.1) is 0 Å². The maximum absolute atomic E-state index is 3.88.